The van der Waals surface area contributed by atoms with Crippen LogP contribution in [-0.2, 0) is 0 Å². The largest absolute Gasteiger partial charge is 0.573 e. The Morgan fingerprint density at radius 2 is 1.92 bits per heavy atom. The summed E-state index contributed by atoms with van der Waals surface area (Å²) in [5, 5.41) is 1.53. The van der Waals surface area contributed by atoms with Gasteiger partial charge >= 0.3 is 18.8 Å². The first-order valence-electron chi connectivity index (χ1n) is 6.70. The third kappa shape index (κ3) is 5.23. The Bertz CT molecular complexity index is 795. The third-order valence-corrected chi connectivity index (χ3v) is 2.69. The Kier molecular flexibility index (Phi) is 5.29. The first-order valence-corrected chi connectivity index (χ1v) is 6.70. The first-order chi connectivity index (χ1) is 11.4. The van der Waals surface area contributed by atoms with Crippen molar-refractivity contribution in [3.63, 3.8) is 0 Å². The van der Waals surface area contributed by atoms with E-state index >= 15 is 0 Å². The van der Waals surface area contributed by atoms with E-state index in [1.807, 2.05) is 0 Å². The van der Waals surface area contributed by atoms with Crippen molar-refractivity contribution in [1.82, 2.24) is 0 Å². The fraction of sp³-hybridized carbons (Fsp3) is 0.0625. The van der Waals surface area contributed by atoms with Crippen molar-refractivity contribution in [2.45, 2.75) is 6.36 Å². The van der Waals surface area contributed by atoms with Crippen molar-refractivity contribution in [2.75, 3.05) is 5.73 Å². The second kappa shape index (κ2) is 7.39. The molecule has 0 saturated heterocycles. The number of halogens is 3. The lowest BCUT2D eigenvalue weighted by molar-refractivity contribution is -0.474. The van der Waals surface area contributed by atoms with Gasteiger partial charge in [-0.25, -0.2) is 0 Å². The molecule has 124 valence electrons. The van der Waals surface area contributed by atoms with Gasteiger partial charge in [0.15, 0.2) is 11.4 Å². The quantitative estimate of drug-likeness (QED) is 0.662. The van der Waals surface area contributed by atoms with Crippen molar-refractivity contribution in [3.8, 4) is 23.4 Å². The Hall–Kier alpha value is -3.18. The summed E-state index contributed by atoms with van der Waals surface area (Å²) < 4.78 is 46.3. The molecule has 0 radical (unpaired) electrons. The minimum Gasteiger partial charge on any atom is -0.451 e. The van der Waals surface area contributed by atoms with Crippen LogP contribution in [0.2, 0.25) is 0 Å². The predicted octanol–water partition coefficient (Wildman–Crippen LogP) is 3.59. The van der Waals surface area contributed by atoms with E-state index in [1.165, 1.54) is 29.7 Å². The van der Waals surface area contributed by atoms with Crippen LogP contribution in [0, 0.1) is 6.19 Å². The standard InChI is InChI=1S/C16H12F3N3O2/c1-2-21-10-22-14-7-6-11(20)8-15(14)23-12-4-3-5-13(9-12)24-16(17,18)19/h2-9H,1,20H2/p+2. The molecule has 8 heteroatoms. The van der Waals surface area contributed by atoms with E-state index in [0.717, 1.165) is 6.07 Å². The molecular formula is C16H14F3N3O2+2. The van der Waals surface area contributed by atoms with E-state index in [-0.39, 0.29) is 11.5 Å². The molecular weight excluding hydrogens is 323 g/mol. The second-order valence-electron chi connectivity index (χ2n) is 4.51. The highest BCUT2D eigenvalue weighted by Crippen LogP contribution is 2.32. The molecule has 0 aliphatic heterocycles. The Labute approximate surface area is 135 Å². The number of hydrogen-bond donors (Lipinski definition) is 2. The van der Waals surface area contributed by atoms with Gasteiger partial charge in [0.2, 0.25) is 0 Å². The Balaban J connectivity index is 2.25. The Morgan fingerprint density at radius 3 is 2.62 bits per heavy atom. The maximum atomic E-state index is 12.3. The van der Waals surface area contributed by atoms with Crippen molar-refractivity contribution in [1.29, 1.82) is 0 Å². The zero-order valence-electron chi connectivity index (χ0n) is 12.4. The van der Waals surface area contributed by atoms with Gasteiger partial charge in [-0.2, -0.15) is 5.32 Å². The lowest BCUT2D eigenvalue weighted by Crippen LogP contribution is -2.71. The number of ether oxygens (including phenoxy) is 2. The first kappa shape index (κ1) is 17.2. The number of benzene rings is 2. The van der Waals surface area contributed by atoms with E-state index in [9.17, 15) is 13.2 Å². The molecule has 0 spiro atoms. The van der Waals surface area contributed by atoms with Crippen LogP contribution in [0.4, 0.5) is 24.5 Å². The van der Waals surface area contributed by atoms with Crippen molar-refractivity contribution >= 4 is 11.4 Å². The van der Waals surface area contributed by atoms with E-state index in [1.54, 1.807) is 18.2 Å². The lowest BCUT2D eigenvalue weighted by atomic mass is 10.2. The Morgan fingerprint density at radius 1 is 1.17 bits per heavy atom. The number of nitrogen functional groups attached to an aromatic ring is 1. The normalized spacial score (nSPS) is 10.5. The molecule has 0 atom stereocenters. The van der Waals surface area contributed by atoms with Gasteiger partial charge < -0.3 is 15.2 Å². The number of anilines is 1. The summed E-state index contributed by atoms with van der Waals surface area (Å²) in [7, 11) is 0. The molecule has 2 aromatic carbocycles. The summed E-state index contributed by atoms with van der Waals surface area (Å²) in [6.07, 6.45) is -0.834. The van der Waals surface area contributed by atoms with Crippen molar-refractivity contribution in [2.24, 2.45) is 0 Å². The van der Waals surface area contributed by atoms with Crippen LogP contribution in [0.1, 0.15) is 0 Å². The molecule has 5 nitrogen and oxygen atoms in total. The monoisotopic (exact) mass is 337 g/mol. The SMILES string of the molecule is C=C[N+]#C[NH2+]c1ccc(N)cc1Oc1cccc(OC(F)(F)F)c1. The molecule has 0 saturated carbocycles. The predicted molar refractivity (Wildman–Crippen MR) is 83.1 cm³/mol. The highest BCUT2D eigenvalue weighted by atomic mass is 19.4. The molecule has 0 amide bonds. The van der Waals surface area contributed by atoms with Crippen molar-refractivity contribution in [3.05, 3.63) is 60.1 Å². The van der Waals surface area contributed by atoms with Gasteiger partial charge in [-0.1, -0.05) is 6.07 Å². The molecule has 0 aromatic heterocycles. The van der Waals surface area contributed by atoms with E-state index in [2.05, 4.69) is 22.4 Å². The summed E-state index contributed by atoms with van der Waals surface area (Å²) in [5.41, 5.74) is 6.75. The molecule has 2 aromatic rings. The highest BCUT2D eigenvalue weighted by Gasteiger charge is 2.31. The zero-order chi connectivity index (χ0) is 17.6. The molecule has 0 bridgehead atoms. The maximum absolute atomic E-state index is 12.3. The molecule has 24 heavy (non-hydrogen) atoms. The molecule has 2 rings (SSSR count). The van der Waals surface area contributed by atoms with Gasteiger partial charge in [-0.15, -0.1) is 13.2 Å². The van der Waals surface area contributed by atoms with E-state index in [0.29, 0.717) is 17.1 Å². The summed E-state index contributed by atoms with van der Waals surface area (Å²) >= 11 is 0. The van der Waals surface area contributed by atoms with Gasteiger partial charge in [-0.3, -0.25) is 0 Å². The summed E-state index contributed by atoms with van der Waals surface area (Å²) in [5.74, 6) is 0.123. The van der Waals surface area contributed by atoms with Crippen LogP contribution in [-0.4, -0.2) is 6.36 Å². The molecule has 0 aliphatic rings. The number of nitrogens with two attached hydrogens (primary N) is 2. The molecule has 0 heterocycles. The van der Waals surface area contributed by atoms with E-state index < -0.39 is 6.36 Å². The van der Waals surface area contributed by atoms with Crippen LogP contribution in [0.15, 0.2) is 55.2 Å². The van der Waals surface area contributed by atoms with Crippen LogP contribution >= 0.6 is 0 Å². The smallest absolute Gasteiger partial charge is 0.451 e. The lowest BCUT2D eigenvalue weighted by Gasteiger charge is -2.11. The van der Waals surface area contributed by atoms with E-state index in [4.69, 9.17) is 10.5 Å². The number of nitrogens with zero attached hydrogens (tertiary/aromatic N) is 1. The van der Waals surface area contributed by atoms with Crippen LogP contribution < -0.4 is 20.5 Å². The molecule has 4 N–H and O–H groups in total. The molecule has 0 fully saturated rings. The van der Waals surface area contributed by atoms with Gasteiger partial charge in [0.05, 0.1) is 0 Å². The van der Waals surface area contributed by atoms with Crippen molar-refractivity contribution < 1.29 is 28.0 Å². The summed E-state index contributed by atoms with van der Waals surface area (Å²) in [6, 6.07) is 10.1. The number of alkyl halides is 3. The highest BCUT2D eigenvalue weighted by molar-refractivity contribution is 5.56. The van der Waals surface area contributed by atoms with Gasteiger partial charge in [-0.05, 0) is 24.8 Å². The fourth-order valence-corrected chi connectivity index (χ4v) is 1.78. The molecule has 0 aliphatic carbocycles. The number of rotatable bonds is 4. The third-order valence-electron chi connectivity index (χ3n) is 2.69. The minimum atomic E-state index is -4.77. The summed E-state index contributed by atoms with van der Waals surface area (Å²) in [4.78, 5) is 3.72. The summed E-state index contributed by atoms with van der Waals surface area (Å²) in [6.45, 7) is 3.43. The second-order valence-corrected chi connectivity index (χ2v) is 4.51. The van der Waals surface area contributed by atoms with Gasteiger partial charge in [0.25, 0.3) is 0 Å². The minimum absolute atomic E-state index is 0.164. The van der Waals surface area contributed by atoms with Gasteiger partial charge in [0.1, 0.15) is 11.5 Å². The van der Waals surface area contributed by atoms with Crippen LogP contribution in [0.5, 0.6) is 17.2 Å². The average Bonchev–Trinajstić information content (AvgIpc) is 2.48. The maximum Gasteiger partial charge on any atom is 0.573 e. The van der Waals surface area contributed by atoms with Gasteiger partial charge in [0, 0.05) is 28.7 Å². The molecule has 0 unspecified atom stereocenters. The number of hydrogen-bond acceptors (Lipinski definition) is 3. The number of quaternary nitrogens is 1. The zero-order valence-corrected chi connectivity index (χ0v) is 12.4. The average molecular weight is 337 g/mol. The topological polar surface area (TPSA) is 65.5 Å². The van der Waals surface area contributed by atoms with Crippen LogP contribution in [0.3, 0.4) is 0 Å². The van der Waals surface area contributed by atoms with Crippen LogP contribution in [0.25, 0.3) is 4.85 Å². The fourth-order valence-electron chi connectivity index (χ4n) is 1.78.